The topological polar surface area (TPSA) is 64.0 Å². The molecule has 1 aliphatic heterocycles. The minimum Gasteiger partial charge on any atom is -0.310 e. The van der Waals surface area contributed by atoms with Crippen LogP contribution in [0.15, 0.2) is 24.3 Å². The molecule has 1 amide bonds. The molecule has 1 aromatic heterocycles. The molecular formula is C20H24ClN3O2S. The Morgan fingerprint density at radius 2 is 2.07 bits per heavy atom. The third-order valence-corrected chi connectivity index (χ3v) is 6.93. The number of benzene rings is 1. The van der Waals surface area contributed by atoms with Gasteiger partial charge < -0.3 is 5.32 Å². The van der Waals surface area contributed by atoms with E-state index in [1.807, 2.05) is 18.2 Å². The highest BCUT2D eigenvalue weighted by Gasteiger charge is 2.28. The van der Waals surface area contributed by atoms with Gasteiger partial charge in [-0.2, -0.15) is 5.10 Å². The SMILES string of the molecule is O=C(CCC1CCCCC1)Nc1c2c(nn1-c1cccc(Cl)c1)C[S@](=O)C2. The number of fused-ring (bicyclic) bond motifs is 1. The third kappa shape index (κ3) is 4.27. The summed E-state index contributed by atoms with van der Waals surface area (Å²) < 4.78 is 13.7. The number of halogens is 1. The number of carbonyl (C=O) groups is 1. The van der Waals surface area contributed by atoms with E-state index in [2.05, 4.69) is 10.4 Å². The summed E-state index contributed by atoms with van der Waals surface area (Å²) in [7, 11) is -0.943. The standard InChI is InChI=1S/C20H24ClN3O2S/c21-15-7-4-8-16(11-15)24-20(17-12-27(26)13-18(17)23-24)22-19(25)10-9-14-5-2-1-3-6-14/h4,7-8,11,14H,1-3,5-6,9-10,12-13H2,(H,22,25)/t27-/m1/s1. The van der Waals surface area contributed by atoms with Crippen molar-refractivity contribution in [2.45, 2.75) is 56.5 Å². The van der Waals surface area contributed by atoms with Crippen molar-refractivity contribution in [2.75, 3.05) is 5.32 Å². The van der Waals surface area contributed by atoms with Crippen molar-refractivity contribution >= 4 is 34.1 Å². The second-order valence-electron chi connectivity index (χ2n) is 7.48. The van der Waals surface area contributed by atoms with Gasteiger partial charge in [0, 0.05) is 27.8 Å². The van der Waals surface area contributed by atoms with Gasteiger partial charge in [0.2, 0.25) is 5.91 Å². The minimum absolute atomic E-state index is 0.00392. The number of amides is 1. The van der Waals surface area contributed by atoms with Gasteiger partial charge in [-0.1, -0.05) is 49.8 Å². The summed E-state index contributed by atoms with van der Waals surface area (Å²) in [6.07, 6.45) is 7.82. The summed E-state index contributed by atoms with van der Waals surface area (Å²) in [4.78, 5) is 12.6. The lowest BCUT2D eigenvalue weighted by Gasteiger charge is -2.21. The van der Waals surface area contributed by atoms with Gasteiger partial charge in [-0.05, 0) is 30.5 Å². The van der Waals surface area contributed by atoms with E-state index in [-0.39, 0.29) is 5.91 Å². The zero-order chi connectivity index (χ0) is 18.8. The minimum atomic E-state index is -0.943. The molecule has 2 aromatic rings. The molecule has 1 atom stereocenters. The van der Waals surface area contributed by atoms with E-state index in [9.17, 15) is 9.00 Å². The van der Waals surface area contributed by atoms with Crippen LogP contribution in [0, 0.1) is 5.92 Å². The first kappa shape index (κ1) is 18.7. The van der Waals surface area contributed by atoms with Gasteiger partial charge in [-0.25, -0.2) is 4.68 Å². The van der Waals surface area contributed by atoms with E-state index >= 15 is 0 Å². The van der Waals surface area contributed by atoms with Crippen molar-refractivity contribution in [3.63, 3.8) is 0 Å². The molecule has 0 spiro atoms. The van der Waals surface area contributed by atoms with Crippen molar-refractivity contribution < 1.29 is 9.00 Å². The number of hydrogen-bond donors (Lipinski definition) is 1. The molecule has 2 aliphatic rings. The first-order valence-electron chi connectivity index (χ1n) is 9.61. The maximum Gasteiger partial charge on any atom is 0.225 e. The van der Waals surface area contributed by atoms with E-state index in [4.69, 9.17) is 11.6 Å². The predicted molar refractivity (Wildman–Crippen MR) is 109 cm³/mol. The molecule has 1 fully saturated rings. The first-order valence-corrected chi connectivity index (χ1v) is 11.5. The van der Waals surface area contributed by atoms with Crippen molar-refractivity contribution in [3.05, 3.63) is 40.5 Å². The average Bonchev–Trinajstić information content (AvgIpc) is 3.18. The van der Waals surface area contributed by atoms with Gasteiger partial charge in [-0.15, -0.1) is 0 Å². The molecule has 5 nitrogen and oxygen atoms in total. The van der Waals surface area contributed by atoms with E-state index < -0.39 is 10.8 Å². The van der Waals surface area contributed by atoms with Gasteiger partial charge in [0.25, 0.3) is 0 Å². The molecule has 7 heteroatoms. The summed E-state index contributed by atoms with van der Waals surface area (Å²) in [5, 5.41) is 8.27. The number of nitrogens with zero attached hydrogens (tertiary/aromatic N) is 2. The summed E-state index contributed by atoms with van der Waals surface area (Å²) in [5.74, 6) is 2.19. The molecule has 2 heterocycles. The fraction of sp³-hybridized carbons (Fsp3) is 0.500. The Kier molecular flexibility index (Phi) is 5.64. The van der Waals surface area contributed by atoms with E-state index in [0.29, 0.717) is 34.7 Å². The number of carbonyl (C=O) groups excluding carboxylic acids is 1. The Labute approximate surface area is 166 Å². The van der Waals surface area contributed by atoms with Crippen LogP contribution >= 0.6 is 11.6 Å². The Hall–Kier alpha value is -1.66. The van der Waals surface area contributed by atoms with Crippen LogP contribution in [0.25, 0.3) is 5.69 Å². The zero-order valence-electron chi connectivity index (χ0n) is 15.2. The second kappa shape index (κ2) is 8.15. The Balaban J connectivity index is 1.53. The molecule has 0 radical (unpaired) electrons. The van der Waals surface area contributed by atoms with Crippen LogP contribution < -0.4 is 5.32 Å². The quantitative estimate of drug-likeness (QED) is 0.791. The van der Waals surface area contributed by atoms with Crippen LogP contribution in [0.3, 0.4) is 0 Å². The monoisotopic (exact) mass is 405 g/mol. The molecule has 0 unspecified atom stereocenters. The molecule has 4 rings (SSSR count). The van der Waals surface area contributed by atoms with Gasteiger partial charge in [0.1, 0.15) is 5.82 Å². The highest BCUT2D eigenvalue weighted by molar-refractivity contribution is 7.83. The smallest absolute Gasteiger partial charge is 0.225 e. The number of rotatable bonds is 5. The molecule has 144 valence electrons. The lowest BCUT2D eigenvalue weighted by molar-refractivity contribution is -0.116. The maximum absolute atomic E-state index is 12.6. The second-order valence-corrected chi connectivity index (χ2v) is 9.38. The lowest BCUT2D eigenvalue weighted by atomic mass is 9.86. The number of aromatic nitrogens is 2. The Morgan fingerprint density at radius 3 is 2.85 bits per heavy atom. The van der Waals surface area contributed by atoms with Gasteiger partial charge in [0.15, 0.2) is 0 Å². The predicted octanol–water partition coefficient (Wildman–Crippen LogP) is 4.59. The number of nitrogens with one attached hydrogen (secondary N) is 1. The largest absolute Gasteiger partial charge is 0.310 e. The van der Waals surface area contributed by atoms with E-state index in [0.717, 1.165) is 23.4 Å². The normalized spacial score (nSPS) is 19.8. The highest BCUT2D eigenvalue weighted by atomic mass is 35.5. The van der Waals surface area contributed by atoms with Crippen LogP contribution in [-0.4, -0.2) is 19.9 Å². The number of anilines is 1. The molecule has 1 aliphatic carbocycles. The van der Waals surface area contributed by atoms with Crippen molar-refractivity contribution in [1.29, 1.82) is 0 Å². The molecule has 1 saturated carbocycles. The van der Waals surface area contributed by atoms with Crippen molar-refractivity contribution in [1.82, 2.24) is 9.78 Å². The third-order valence-electron chi connectivity index (χ3n) is 5.48. The first-order chi connectivity index (χ1) is 13.1. The van der Waals surface area contributed by atoms with Crippen LogP contribution in [0.2, 0.25) is 5.02 Å². The van der Waals surface area contributed by atoms with Crippen LogP contribution in [0.4, 0.5) is 5.82 Å². The van der Waals surface area contributed by atoms with E-state index in [1.54, 1.807) is 10.7 Å². The summed E-state index contributed by atoms with van der Waals surface area (Å²) in [5.41, 5.74) is 2.49. The molecular weight excluding hydrogens is 382 g/mol. The van der Waals surface area contributed by atoms with E-state index in [1.165, 1.54) is 32.1 Å². The molecule has 1 aromatic carbocycles. The van der Waals surface area contributed by atoms with Gasteiger partial charge in [0.05, 0.1) is 22.9 Å². The Bertz CT molecular complexity index is 874. The number of hydrogen-bond acceptors (Lipinski definition) is 3. The fourth-order valence-corrected chi connectivity index (χ4v) is 5.51. The zero-order valence-corrected chi connectivity index (χ0v) is 16.8. The summed E-state index contributed by atoms with van der Waals surface area (Å²) >= 11 is 6.13. The average molecular weight is 406 g/mol. The molecule has 27 heavy (non-hydrogen) atoms. The molecule has 1 N–H and O–H groups in total. The van der Waals surface area contributed by atoms with Gasteiger partial charge >= 0.3 is 0 Å². The maximum atomic E-state index is 12.6. The van der Waals surface area contributed by atoms with Crippen LogP contribution in [-0.2, 0) is 27.1 Å². The van der Waals surface area contributed by atoms with Crippen LogP contribution in [0.5, 0.6) is 0 Å². The van der Waals surface area contributed by atoms with Gasteiger partial charge in [-0.3, -0.25) is 9.00 Å². The van der Waals surface area contributed by atoms with Crippen molar-refractivity contribution in [3.8, 4) is 5.69 Å². The lowest BCUT2D eigenvalue weighted by Crippen LogP contribution is -2.18. The summed E-state index contributed by atoms with van der Waals surface area (Å²) in [6.45, 7) is 0. The molecule has 0 saturated heterocycles. The fourth-order valence-electron chi connectivity index (χ4n) is 4.06. The molecule has 0 bridgehead atoms. The van der Waals surface area contributed by atoms with Crippen LogP contribution in [0.1, 0.15) is 56.2 Å². The highest BCUT2D eigenvalue weighted by Crippen LogP contribution is 2.32. The Morgan fingerprint density at radius 1 is 1.26 bits per heavy atom. The van der Waals surface area contributed by atoms with Crippen molar-refractivity contribution in [2.24, 2.45) is 5.92 Å². The summed E-state index contributed by atoms with van der Waals surface area (Å²) in [6, 6.07) is 7.39.